The van der Waals surface area contributed by atoms with Crippen LogP contribution in [0.3, 0.4) is 0 Å². The zero-order chi connectivity index (χ0) is 20.9. The van der Waals surface area contributed by atoms with Crippen LogP contribution in [-0.4, -0.2) is 4.98 Å². The van der Waals surface area contributed by atoms with E-state index in [9.17, 15) is 0 Å². The first kappa shape index (κ1) is 23.1. The molecular weight excluding hydrogens is 338 g/mol. The third kappa shape index (κ3) is 7.00. The van der Waals surface area contributed by atoms with Gasteiger partial charge in [0.2, 0.25) is 0 Å². The van der Waals surface area contributed by atoms with Gasteiger partial charge in [-0.05, 0) is 55.6 Å². The summed E-state index contributed by atoms with van der Waals surface area (Å²) in [6.07, 6.45) is 21.8. The van der Waals surface area contributed by atoms with Crippen molar-refractivity contribution in [2.45, 2.75) is 34.6 Å². The van der Waals surface area contributed by atoms with Gasteiger partial charge in [0.25, 0.3) is 0 Å². The van der Waals surface area contributed by atoms with Crippen molar-refractivity contribution in [3.8, 4) is 0 Å². The first-order valence-electron chi connectivity index (χ1n) is 9.72. The van der Waals surface area contributed by atoms with Crippen molar-refractivity contribution in [2.24, 2.45) is 5.92 Å². The quantitative estimate of drug-likeness (QED) is 0.402. The van der Waals surface area contributed by atoms with Crippen LogP contribution in [0.5, 0.6) is 0 Å². The normalized spacial score (nSPS) is 13.1. The second-order valence-corrected chi connectivity index (χ2v) is 6.94. The van der Waals surface area contributed by atoms with E-state index in [0.717, 1.165) is 11.3 Å². The first-order valence-corrected chi connectivity index (χ1v) is 9.72. The van der Waals surface area contributed by atoms with Crippen molar-refractivity contribution >= 4 is 11.6 Å². The van der Waals surface area contributed by atoms with E-state index < -0.39 is 0 Å². The summed E-state index contributed by atoms with van der Waals surface area (Å²) in [6, 6.07) is 4.21. The Morgan fingerprint density at radius 1 is 0.964 bits per heavy atom. The van der Waals surface area contributed by atoms with Gasteiger partial charge in [-0.1, -0.05) is 93.3 Å². The number of rotatable bonds is 9. The molecule has 0 spiro atoms. The summed E-state index contributed by atoms with van der Waals surface area (Å²) in [5.41, 5.74) is 6.93. The third-order valence-electron chi connectivity index (χ3n) is 4.18. The largest absolute Gasteiger partial charge is 0.256 e. The molecule has 0 radical (unpaired) electrons. The van der Waals surface area contributed by atoms with E-state index in [0.29, 0.717) is 5.92 Å². The highest BCUT2D eigenvalue weighted by atomic mass is 14.7. The minimum atomic E-state index is 0.354. The molecule has 0 amide bonds. The molecule has 1 heterocycles. The van der Waals surface area contributed by atoms with Crippen molar-refractivity contribution in [2.75, 3.05) is 0 Å². The average Bonchev–Trinajstić information content (AvgIpc) is 2.67. The Morgan fingerprint density at radius 3 is 2.14 bits per heavy atom. The van der Waals surface area contributed by atoms with Gasteiger partial charge in [0.15, 0.2) is 0 Å². The number of hydrogen-bond acceptors (Lipinski definition) is 1. The molecule has 0 fully saturated rings. The fraction of sp³-hybridized carbons (Fsp3) is 0.222. The van der Waals surface area contributed by atoms with Crippen LogP contribution in [0.1, 0.15) is 45.9 Å². The molecule has 146 valence electrons. The van der Waals surface area contributed by atoms with Crippen molar-refractivity contribution in [1.82, 2.24) is 4.98 Å². The summed E-state index contributed by atoms with van der Waals surface area (Å²) in [5, 5.41) is 0. The molecule has 1 heteroatoms. The highest BCUT2D eigenvalue weighted by Crippen LogP contribution is 2.34. The minimum absolute atomic E-state index is 0.354. The number of allylic oxidation sites excluding steroid dienone is 13. The Balaban J connectivity index is 3.69. The topological polar surface area (TPSA) is 12.9 Å². The highest BCUT2D eigenvalue weighted by Gasteiger charge is 2.15. The SMILES string of the molecule is C=C/C=C\C(=C(C)C)/C(=C(/C=C\C=C)C(C)C)c1ccc(/C=C\C=C/C)nc1. The molecule has 0 aliphatic heterocycles. The fourth-order valence-electron chi connectivity index (χ4n) is 2.80. The zero-order valence-electron chi connectivity index (χ0n) is 17.9. The molecule has 0 unspecified atom stereocenters. The third-order valence-corrected chi connectivity index (χ3v) is 4.18. The number of pyridine rings is 1. The molecule has 0 aromatic carbocycles. The van der Waals surface area contributed by atoms with Gasteiger partial charge in [0.1, 0.15) is 0 Å². The Hall–Kier alpha value is -2.93. The number of aromatic nitrogens is 1. The lowest BCUT2D eigenvalue weighted by molar-refractivity contribution is 0.794. The smallest absolute Gasteiger partial charge is 0.0630 e. The highest BCUT2D eigenvalue weighted by molar-refractivity contribution is 5.86. The van der Waals surface area contributed by atoms with Crippen LogP contribution in [-0.2, 0) is 0 Å². The summed E-state index contributed by atoms with van der Waals surface area (Å²) in [6.45, 7) is 18.4. The van der Waals surface area contributed by atoms with Gasteiger partial charge < -0.3 is 0 Å². The summed E-state index contributed by atoms with van der Waals surface area (Å²) in [5.74, 6) is 0.354. The van der Waals surface area contributed by atoms with E-state index in [4.69, 9.17) is 0 Å². The standard InChI is InChI=1S/C27H33N/c1-8-11-14-15-24-19-18-23(20-28-24)27(25(21(4)5)16-12-9-2)26(22(6)7)17-13-10-3/h8-21H,2-3H2,1,4-7H3/b11-8-,15-14-,16-12-,17-13-,27-25-. The van der Waals surface area contributed by atoms with Gasteiger partial charge in [-0.25, -0.2) is 0 Å². The van der Waals surface area contributed by atoms with Crippen molar-refractivity contribution in [1.29, 1.82) is 0 Å². The number of nitrogens with zero attached hydrogens (tertiary/aromatic N) is 1. The Morgan fingerprint density at radius 2 is 1.64 bits per heavy atom. The van der Waals surface area contributed by atoms with Crippen LogP contribution in [0.25, 0.3) is 11.6 Å². The summed E-state index contributed by atoms with van der Waals surface area (Å²) < 4.78 is 0. The maximum Gasteiger partial charge on any atom is 0.0630 e. The summed E-state index contributed by atoms with van der Waals surface area (Å²) in [4.78, 5) is 4.65. The van der Waals surface area contributed by atoms with Crippen LogP contribution < -0.4 is 0 Å². The van der Waals surface area contributed by atoms with Gasteiger partial charge in [-0.3, -0.25) is 4.98 Å². The molecule has 1 nitrogen and oxygen atoms in total. The van der Waals surface area contributed by atoms with E-state index >= 15 is 0 Å². The molecule has 1 aromatic rings. The van der Waals surface area contributed by atoms with E-state index in [1.54, 1.807) is 0 Å². The lowest BCUT2D eigenvalue weighted by atomic mass is 9.86. The van der Waals surface area contributed by atoms with Crippen LogP contribution in [0.15, 0.2) is 103 Å². The predicted octanol–water partition coefficient (Wildman–Crippen LogP) is 7.90. The van der Waals surface area contributed by atoms with Crippen LogP contribution in [0, 0.1) is 5.92 Å². The molecule has 0 saturated carbocycles. The van der Waals surface area contributed by atoms with Gasteiger partial charge >= 0.3 is 0 Å². The molecular formula is C27H33N. The van der Waals surface area contributed by atoms with Crippen molar-refractivity contribution in [3.63, 3.8) is 0 Å². The molecule has 0 aliphatic rings. The first-order chi connectivity index (χ1) is 13.5. The Bertz CT molecular complexity index is 831. The predicted molar refractivity (Wildman–Crippen MR) is 127 cm³/mol. The zero-order valence-corrected chi connectivity index (χ0v) is 17.9. The van der Waals surface area contributed by atoms with Crippen molar-refractivity contribution < 1.29 is 0 Å². The average molecular weight is 372 g/mol. The molecule has 0 atom stereocenters. The second-order valence-electron chi connectivity index (χ2n) is 6.94. The van der Waals surface area contributed by atoms with Gasteiger partial charge in [0.05, 0.1) is 5.69 Å². The monoisotopic (exact) mass is 371 g/mol. The van der Waals surface area contributed by atoms with Crippen LogP contribution in [0.2, 0.25) is 0 Å². The second kappa shape index (κ2) is 12.5. The van der Waals surface area contributed by atoms with E-state index in [1.165, 1.54) is 22.3 Å². The molecule has 1 rings (SSSR count). The summed E-state index contributed by atoms with van der Waals surface area (Å²) >= 11 is 0. The maximum absolute atomic E-state index is 4.65. The lowest BCUT2D eigenvalue weighted by Gasteiger charge is -2.19. The molecule has 1 aromatic heterocycles. The molecule has 0 N–H and O–H groups in total. The molecule has 0 saturated heterocycles. The Kier molecular flexibility index (Phi) is 10.3. The Labute approximate surface area is 171 Å². The fourth-order valence-corrected chi connectivity index (χ4v) is 2.80. The van der Waals surface area contributed by atoms with E-state index in [-0.39, 0.29) is 0 Å². The summed E-state index contributed by atoms with van der Waals surface area (Å²) in [7, 11) is 0. The van der Waals surface area contributed by atoms with E-state index in [1.807, 2.05) is 61.7 Å². The van der Waals surface area contributed by atoms with Crippen LogP contribution >= 0.6 is 0 Å². The van der Waals surface area contributed by atoms with Crippen molar-refractivity contribution in [3.05, 3.63) is 114 Å². The minimum Gasteiger partial charge on any atom is -0.256 e. The van der Waals surface area contributed by atoms with E-state index in [2.05, 4.69) is 70.1 Å². The van der Waals surface area contributed by atoms with Gasteiger partial charge in [-0.15, -0.1) is 0 Å². The lowest BCUT2D eigenvalue weighted by Crippen LogP contribution is -2.01. The van der Waals surface area contributed by atoms with Gasteiger partial charge in [0, 0.05) is 11.8 Å². The molecule has 28 heavy (non-hydrogen) atoms. The molecule has 0 aliphatic carbocycles. The van der Waals surface area contributed by atoms with Crippen LogP contribution in [0.4, 0.5) is 0 Å². The number of hydrogen-bond donors (Lipinski definition) is 0. The maximum atomic E-state index is 4.65. The molecule has 0 bridgehead atoms. The van der Waals surface area contributed by atoms with Gasteiger partial charge in [-0.2, -0.15) is 0 Å².